The summed E-state index contributed by atoms with van der Waals surface area (Å²) in [6, 6.07) is 6.00. The Kier molecular flexibility index (Phi) is 2.74. The molecule has 2 atom stereocenters. The first kappa shape index (κ1) is 11.8. The van der Waals surface area contributed by atoms with Crippen molar-refractivity contribution in [2.24, 2.45) is 11.7 Å². The molecule has 0 spiro atoms. The fourth-order valence-corrected chi connectivity index (χ4v) is 2.98. The first-order valence-corrected chi connectivity index (χ1v) is 6.72. The second-order valence-electron chi connectivity index (χ2n) is 5.91. The van der Waals surface area contributed by atoms with Crippen LogP contribution in [-0.4, -0.2) is 12.7 Å². The predicted octanol–water partition coefficient (Wildman–Crippen LogP) is 3.04. The molecule has 1 heterocycles. The van der Waals surface area contributed by atoms with E-state index in [0.29, 0.717) is 0 Å². The van der Waals surface area contributed by atoms with Gasteiger partial charge in [0.25, 0.3) is 0 Å². The lowest BCUT2D eigenvalue weighted by Gasteiger charge is -2.39. The number of ether oxygens (including phenoxy) is 2. The largest absolute Gasteiger partial charge is 0.497 e. The second kappa shape index (κ2) is 4.16. The van der Waals surface area contributed by atoms with Crippen LogP contribution >= 0.6 is 0 Å². The van der Waals surface area contributed by atoms with Gasteiger partial charge in [0.1, 0.15) is 17.1 Å². The molecule has 3 heteroatoms. The highest BCUT2D eigenvalue weighted by Gasteiger charge is 2.40. The van der Waals surface area contributed by atoms with Crippen LogP contribution in [0.4, 0.5) is 0 Å². The van der Waals surface area contributed by atoms with Gasteiger partial charge in [0, 0.05) is 24.1 Å². The van der Waals surface area contributed by atoms with Gasteiger partial charge in [-0.2, -0.15) is 0 Å². The summed E-state index contributed by atoms with van der Waals surface area (Å²) in [7, 11) is 1.67. The quantitative estimate of drug-likeness (QED) is 0.893. The van der Waals surface area contributed by atoms with Crippen LogP contribution in [-0.2, 0) is 0 Å². The van der Waals surface area contributed by atoms with Crippen LogP contribution in [0.2, 0.25) is 0 Å². The maximum Gasteiger partial charge on any atom is 0.128 e. The standard InChI is InChI=1S/C15H21NO2/c1-15(8-10-3-4-10)9-13(16)12-6-5-11(17-2)7-14(12)18-15/h5-7,10,13H,3-4,8-9,16H2,1-2H3. The maximum atomic E-state index is 6.29. The normalized spacial score (nSPS) is 30.5. The van der Waals surface area contributed by atoms with Gasteiger partial charge in [-0.1, -0.05) is 18.9 Å². The van der Waals surface area contributed by atoms with Crippen molar-refractivity contribution in [1.29, 1.82) is 0 Å². The molecule has 0 radical (unpaired) electrons. The van der Waals surface area contributed by atoms with Crippen LogP contribution < -0.4 is 15.2 Å². The average molecular weight is 247 g/mol. The van der Waals surface area contributed by atoms with Gasteiger partial charge in [-0.15, -0.1) is 0 Å². The number of fused-ring (bicyclic) bond motifs is 1. The van der Waals surface area contributed by atoms with Gasteiger partial charge in [-0.05, 0) is 25.3 Å². The lowest BCUT2D eigenvalue weighted by Crippen LogP contribution is -2.40. The van der Waals surface area contributed by atoms with E-state index in [4.69, 9.17) is 15.2 Å². The molecule has 18 heavy (non-hydrogen) atoms. The highest BCUT2D eigenvalue weighted by atomic mass is 16.5. The first-order valence-electron chi connectivity index (χ1n) is 6.72. The van der Waals surface area contributed by atoms with Crippen molar-refractivity contribution < 1.29 is 9.47 Å². The molecule has 1 fully saturated rings. The lowest BCUT2D eigenvalue weighted by molar-refractivity contribution is 0.0400. The Morgan fingerprint density at radius 2 is 2.22 bits per heavy atom. The van der Waals surface area contributed by atoms with Crippen molar-refractivity contribution in [2.75, 3.05) is 7.11 Å². The van der Waals surface area contributed by atoms with Crippen molar-refractivity contribution in [3.05, 3.63) is 23.8 Å². The number of hydrogen-bond donors (Lipinski definition) is 1. The van der Waals surface area contributed by atoms with E-state index in [2.05, 4.69) is 6.92 Å². The summed E-state index contributed by atoms with van der Waals surface area (Å²) < 4.78 is 11.5. The molecule has 1 aromatic rings. The van der Waals surface area contributed by atoms with Crippen LogP contribution in [0.15, 0.2) is 18.2 Å². The molecule has 1 aromatic carbocycles. The minimum Gasteiger partial charge on any atom is -0.497 e. The Morgan fingerprint density at radius 3 is 2.89 bits per heavy atom. The molecule has 3 nitrogen and oxygen atoms in total. The van der Waals surface area contributed by atoms with Gasteiger partial charge >= 0.3 is 0 Å². The predicted molar refractivity (Wildman–Crippen MR) is 70.9 cm³/mol. The Hall–Kier alpha value is -1.22. The molecule has 98 valence electrons. The fourth-order valence-electron chi connectivity index (χ4n) is 2.98. The van der Waals surface area contributed by atoms with Gasteiger partial charge in [0.2, 0.25) is 0 Å². The first-order chi connectivity index (χ1) is 8.59. The van der Waals surface area contributed by atoms with Gasteiger partial charge in [0.05, 0.1) is 7.11 Å². The van der Waals surface area contributed by atoms with E-state index in [-0.39, 0.29) is 11.6 Å². The highest BCUT2D eigenvalue weighted by molar-refractivity contribution is 5.44. The van der Waals surface area contributed by atoms with E-state index in [1.807, 2.05) is 18.2 Å². The number of hydrogen-bond acceptors (Lipinski definition) is 3. The molecule has 0 aromatic heterocycles. The van der Waals surface area contributed by atoms with Gasteiger partial charge in [-0.3, -0.25) is 0 Å². The van der Waals surface area contributed by atoms with Crippen LogP contribution in [0.1, 0.15) is 44.2 Å². The number of benzene rings is 1. The van der Waals surface area contributed by atoms with Crippen LogP contribution in [0.3, 0.4) is 0 Å². The molecule has 0 saturated heterocycles. The topological polar surface area (TPSA) is 44.5 Å². The van der Waals surface area contributed by atoms with Gasteiger partial charge in [0.15, 0.2) is 0 Å². The summed E-state index contributed by atoms with van der Waals surface area (Å²) in [5.41, 5.74) is 7.28. The van der Waals surface area contributed by atoms with E-state index in [9.17, 15) is 0 Å². The van der Waals surface area contributed by atoms with Crippen molar-refractivity contribution >= 4 is 0 Å². The van der Waals surface area contributed by atoms with Gasteiger partial charge < -0.3 is 15.2 Å². The van der Waals surface area contributed by atoms with Crippen LogP contribution in [0, 0.1) is 5.92 Å². The van der Waals surface area contributed by atoms with Crippen molar-refractivity contribution in [3.8, 4) is 11.5 Å². The number of methoxy groups -OCH3 is 1. The molecule has 1 saturated carbocycles. The lowest BCUT2D eigenvalue weighted by atomic mass is 9.85. The zero-order valence-corrected chi connectivity index (χ0v) is 11.1. The summed E-state index contributed by atoms with van der Waals surface area (Å²) in [4.78, 5) is 0. The van der Waals surface area contributed by atoms with Crippen molar-refractivity contribution in [3.63, 3.8) is 0 Å². The maximum absolute atomic E-state index is 6.29. The Morgan fingerprint density at radius 1 is 1.44 bits per heavy atom. The molecule has 2 aliphatic rings. The third-order valence-electron chi connectivity index (χ3n) is 4.05. The summed E-state index contributed by atoms with van der Waals surface area (Å²) >= 11 is 0. The smallest absolute Gasteiger partial charge is 0.128 e. The Labute approximate surface area is 108 Å². The number of rotatable bonds is 3. The van der Waals surface area contributed by atoms with E-state index in [1.54, 1.807) is 7.11 Å². The van der Waals surface area contributed by atoms with Crippen LogP contribution in [0.25, 0.3) is 0 Å². The molecule has 1 aliphatic carbocycles. The molecule has 0 bridgehead atoms. The van der Waals surface area contributed by atoms with Gasteiger partial charge in [-0.25, -0.2) is 0 Å². The molecule has 3 rings (SSSR count). The molecule has 2 N–H and O–H groups in total. The van der Waals surface area contributed by atoms with E-state index < -0.39 is 0 Å². The average Bonchev–Trinajstić information content (AvgIpc) is 3.11. The molecule has 1 aliphatic heterocycles. The van der Waals surface area contributed by atoms with E-state index in [0.717, 1.165) is 35.8 Å². The molecular formula is C15H21NO2. The van der Waals surface area contributed by atoms with E-state index in [1.165, 1.54) is 12.8 Å². The fraction of sp³-hybridized carbons (Fsp3) is 0.600. The Balaban J connectivity index is 1.88. The zero-order valence-electron chi connectivity index (χ0n) is 11.1. The third-order valence-corrected chi connectivity index (χ3v) is 4.05. The third kappa shape index (κ3) is 2.19. The molecule has 0 amide bonds. The summed E-state index contributed by atoms with van der Waals surface area (Å²) in [5.74, 6) is 2.57. The minimum absolute atomic E-state index is 0.0726. The SMILES string of the molecule is COc1ccc2c(c1)OC(C)(CC1CC1)CC2N. The van der Waals surface area contributed by atoms with E-state index >= 15 is 0 Å². The van der Waals surface area contributed by atoms with Crippen molar-refractivity contribution in [1.82, 2.24) is 0 Å². The second-order valence-corrected chi connectivity index (χ2v) is 5.91. The highest BCUT2D eigenvalue weighted by Crippen LogP contribution is 2.46. The molecular weight excluding hydrogens is 226 g/mol. The summed E-state index contributed by atoms with van der Waals surface area (Å²) in [5, 5.41) is 0. The van der Waals surface area contributed by atoms with Crippen molar-refractivity contribution in [2.45, 2.75) is 44.2 Å². The number of nitrogens with two attached hydrogens (primary N) is 1. The van der Waals surface area contributed by atoms with Crippen LogP contribution in [0.5, 0.6) is 11.5 Å². The summed E-state index contributed by atoms with van der Waals surface area (Å²) in [6.07, 6.45) is 4.72. The monoisotopic (exact) mass is 247 g/mol. The zero-order chi connectivity index (χ0) is 12.8. The Bertz CT molecular complexity index is 456. The minimum atomic E-state index is -0.111. The summed E-state index contributed by atoms with van der Waals surface area (Å²) in [6.45, 7) is 2.19. The molecule has 2 unspecified atom stereocenters.